The van der Waals surface area contributed by atoms with Gasteiger partial charge in [0, 0.05) is 22.2 Å². The molecule has 0 aliphatic rings. The summed E-state index contributed by atoms with van der Waals surface area (Å²) in [4.78, 5) is 14.5. The molecule has 0 aliphatic carbocycles. The molecule has 0 saturated carbocycles. The molecule has 0 amide bonds. The van der Waals surface area contributed by atoms with Crippen molar-refractivity contribution in [2.45, 2.75) is 33.1 Å². The quantitative estimate of drug-likeness (QED) is 0.611. The van der Waals surface area contributed by atoms with Crippen LogP contribution in [0.3, 0.4) is 0 Å². The van der Waals surface area contributed by atoms with Gasteiger partial charge in [0.05, 0.1) is 0 Å². The molecule has 0 unspecified atom stereocenters. The van der Waals surface area contributed by atoms with Crippen molar-refractivity contribution in [2.24, 2.45) is 0 Å². The molecule has 1 aromatic heterocycles. The fourth-order valence-corrected chi connectivity index (χ4v) is 2.86. The van der Waals surface area contributed by atoms with Crippen LogP contribution < -0.4 is 0 Å². The molecule has 0 fully saturated rings. The molecular formula is C22H23NO2. The monoisotopic (exact) mass is 333 g/mol. The van der Waals surface area contributed by atoms with E-state index in [1.54, 1.807) is 13.0 Å². The molecule has 3 heteroatoms. The number of nitrogens with one attached hydrogen (secondary N) is 1. The molecule has 0 bridgehead atoms. The van der Waals surface area contributed by atoms with Crippen molar-refractivity contribution in [3.05, 3.63) is 65.2 Å². The number of carboxylic acid groups (broad SMARTS) is 1. The summed E-state index contributed by atoms with van der Waals surface area (Å²) in [5, 5.41) is 10.1. The van der Waals surface area contributed by atoms with Crippen molar-refractivity contribution in [3.63, 3.8) is 0 Å². The van der Waals surface area contributed by atoms with Gasteiger partial charge in [-0.15, -0.1) is 0 Å². The number of H-pyrrole nitrogens is 1. The highest BCUT2D eigenvalue weighted by Gasteiger charge is 2.14. The van der Waals surface area contributed by atoms with Gasteiger partial charge in [0.15, 0.2) is 0 Å². The van der Waals surface area contributed by atoms with Gasteiger partial charge in [-0.3, -0.25) is 0 Å². The van der Waals surface area contributed by atoms with Crippen molar-refractivity contribution < 1.29 is 9.90 Å². The van der Waals surface area contributed by atoms with Gasteiger partial charge in [-0.2, -0.15) is 0 Å². The minimum Gasteiger partial charge on any atom is -0.478 e. The number of carbonyl (C=O) groups is 1. The first-order chi connectivity index (χ1) is 11.7. The maximum atomic E-state index is 11.0. The van der Waals surface area contributed by atoms with Crippen molar-refractivity contribution in [1.82, 2.24) is 4.98 Å². The van der Waals surface area contributed by atoms with Crippen LogP contribution >= 0.6 is 0 Å². The highest BCUT2D eigenvalue weighted by atomic mass is 16.4. The zero-order chi connectivity index (χ0) is 18.2. The number of hydrogen-bond donors (Lipinski definition) is 2. The predicted molar refractivity (Wildman–Crippen MR) is 104 cm³/mol. The lowest BCUT2D eigenvalue weighted by Crippen LogP contribution is -2.10. The van der Waals surface area contributed by atoms with E-state index in [0.29, 0.717) is 5.57 Å². The van der Waals surface area contributed by atoms with E-state index < -0.39 is 5.97 Å². The van der Waals surface area contributed by atoms with Crippen LogP contribution in [0.5, 0.6) is 0 Å². The van der Waals surface area contributed by atoms with Crippen molar-refractivity contribution >= 4 is 22.9 Å². The van der Waals surface area contributed by atoms with E-state index in [-0.39, 0.29) is 5.41 Å². The van der Waals surface area contributed by atoms with Crippen LogP contribution in [0, 0.1) is 0 Å². The summed E-state index contributed by atoms with van der Waals surface area (Å²) in [5.41, 5.74) is 5.88. The van der Waals surface area contributed by atoms with E-state index in [1.165, 1.54) is 5.56 Å². The number of aliphatic carboxylic acids is 1. The second-order valence-corrected chi connectivity index (χ2v) is 7.49. The Hall–Kier alpha value is -2.81. The molecular weight excluding hydrogens is 310 g/mol. The van der Waals surface area contributed by atoms with E-state index in [9.17, 15) is 4.79 Å². The Morgan fingerprint density at radius 1 is 1.08 bits per heavy atom. The number of hydrogen-bond acceptors (Lipinski definition) is 1. The smallest absolute Gasteiger partial charge is 0.331 e. The molecule has 3 nitrogen and oxygen atoms in total. The summed E-state index contributed by atoms with van der Waals surface area (Å²) in [5.74, 6) is -0.895. The molecule has 128 valence electrons. The van der Waals surface area contributed by atoms with E-state index >= 15 is 0 Å². The lowest BCUT2D eigenvalue weighted by atomic mass is 9.86. The topological polar surface area (TPSA) is 53.1 Å². The summed E-state index contributed by atoms with van der Waals surface area (Å²) in [6.45, 7) is 8.23. The first kappa shape index (κ1) is 17.0. The lowest BCUT2D eigenvalue weighted by Gasteiger charge is -2.19. The molecule has 2 N–H and O–H groups in total. The molecule has 0 spiro atoms. The molecule has 2 aromatic carbocycles. The second-order valence-electron chi connectivity index (χ2n) is 7.49. The Morgan fingerprint density at radius 2 is 1.84 bits per heavy atom. The van der Waals surface area contributed by atoms with Crippen LogP contribution in [0.4, 0.5) is 0 Å². The fourth-order valence-electron chi connectivity index (χ4n) is 2.86. The molecule has 25 heavy (non-hydrogen) atoms. The van der Waals surface area contributed by atoms with E-state index in [2.05, 4.69) is 56.1 Å². The van der Waals surface area contributed by atoms with Gasteiger partial charge in [-0.25, -0.2) is 4.79 Å². The Kier molecular flexibility index (Phi) is 4.25. The Labute approximate surface area is 148 Å². The van der Waals surface area contributed by atoms with Crippen LogP contribution in [0.2, 0.25) is 0 Å². The number of benzene rings is 2. The average Bonchev–Trinajstić information content (AvgIpc) is 2.97. The predicted octanol–water partition coefficient (Wildman–Crippen LogP) is 5.62. The van der Waals surface area contributed by atoms with Crippen LogP contribution in [-0.4, -0.2) is 16.1 Å². The number of rotatable bonds is 3. The minimum absolute atomic E-state index is 0.106. The fraction of sp³-hybridized carbons (Fsp3) is 0.227. The Balaban J connectivity index is 2.02. The minimum atomic E-state index is -0.895. The first-order valence-corrected chi connectivity index (χ1v) is 8.39. The summed E-state index contributed by atoms with van der Waals surface area (Å²) in [6.07, 6.45) is 1.69. The van der Waals surface area contributed by atoms with Crippen LogP contribution in [-0.2, 0) is 10.2 Å². The third kappa shape index (κ3) is 3.66. The Bertz CT molecular complexity index is 971. The van der Waals surface area contributed by atoms with E-state index in [0.717, 1.165) is 27.7 Å². The molecule has 1 heterocycles. The number of aromatic amines is 1. The zero-order valence-corrected chi connectivity index (χ0v) is 15.1. The third-order valence-corrected chi connectivity index (χ3v) is 4.40. The summed E-state index contributed by atoms with van der Waals surface area (Å²) < 4.78 is 0. The molecule has 0 radical (unpaired) electrons. The largest absolute Gasteiger partial charge is 0.478 e. The van der Waals surface area contributed by atoms with Crippen molar-refractivity contribution in [2.75, 3.05) is 0 Å². The molecule has 0 aliphatic heterocycles. The summed E-state index contributed by atoms with van der Waals surface area (Å²) >= 11 is 0. The van der Waals surface area contributed by atoms with Gasteiger partial charge < -0.3 is 10.1 Å². The maximum Gasteiger partial charge on any atom is 0.331 e. The second kappa shape index (κ2) is 6.25. The SMILES string of the molecule is C/C(=C\c1ccc2[nH]c(-c3cccc(C(C)(C)C)c3)cc2c1)C(=O)O. The van der Waals surface area contributed by atoms with Crippen LogP contribution in [0.1, 0.15) is 38.8 Å². The first-order valence-electron chi connectivity index (χ1n) is 8.39. The van der Waals surface area contributed by atoms with Crippen LogP contribution in [0.15, 0.2) is 54.1 Å². The van der Waals surface area contributed by atoms with E-state index in [4.69, 9.17) is 5.11 Å². The zero-order valence-electron chi connectivity index (χ0n) is 15.1. The molecule has 3 aromatic rings. The van der Waals surface area contributed by atoms with Gasteiger partial charge in [0.1, 0.15) is 0 Å². The third-order valence-electron chi connectivity index (χ3n) is 4.40. The number of fused-ring (bicyclic) bond motifs is 1. The highest BCUT2D eigenvalue weighted by Crippen LogP contribution is 2.29. The maximum absolute atomic E-state index is 11.0. The molecule has 0 atom stereocenters. The Morgan fingerprint density at radius 3 is 2.52 bits per heavy atom. The average molecular weight is 333 g/mol. The molecule has 3 rings (SSSR count). The number of carboxylic acids is 1. The van der Waals surface area contributed by atoms with Gasteiger partial charge in [0.25, 0.3) is 0 Å². The van der Waals surface area contributed by atoms with Gasteiger partial charge in [0.2, 0.25) is 0 Å². The lowest BCUT2D eigenvalue weighted by molar-refractivity contribution is -0.132. The standard InChI is InChI=1S/C22H23NO2/c1-14(21(24)25)10-15-8-9-19-17(11-15)13-20(23-19)16-6-5-7-18(12-16)22(2,3)4/h5-13,23H,1-4H3,(H,24,25)/b14-10+. The van der Waals surface area contributed by atoms with Gasteiger partial charge >= 0.3 is 5.97 Å². The summed E-state index contributed by atoms with van der Waals surface area (Å²) in [7, 11) is 0. The van der Waals surface area contributed by atoms with Gasteiger partial charge in [-0.05, 0) is 59.4 Å². The molecule has 0 saturated heterocycles. The van der Waals surface area contributed by atoms with Crippen LogP contribution in [0.25, 0.3) is 28.2 Å². The number of aromatic nitrogens is 1. The summed E-state index contributed by atoms with van der Waals surface area (Å²) in [6, 6.07) is 16.6. The van der Waals surface area contributed by atoms with Crippen molar-refractivity contribution in [3.8, 4) is 11.3 Å². The normalized spacial score (nSPS) is 12.6. The highest BCUT2D eigenvalue weighted by molar-refractivity contribution is 5.93. The van der Waals surface area contributed by atoms with E-state index in [1.807, 2.05) is 18.2 Å². The van der Waals surface area contributed by atoms with Gasteiger partial charge in [-0.1, -0.05) is 45.0 Å². The van der Waals surface area contributed by atoms with Crippen molar-refractivity contribution in [1.29, 1.82) is 0 Å².